The number of anilines is 1. The number of halogens is 2. The lowest BCUT2D eigenvalue weighted by Gasteiger charge is -2.17. The Labute approximate surface area is 186 Å². The van der Waals surface area contributed by atoms with E-state index in [9.17, 15) is 9.59 Å². The maximum absolute atomic E-state index is 12.8. The number of carbonyl (C=O) groups excluding carboxylic acids is 2. The average molecular weight is 522 g/mol. The Morgan fingerprint density at radius 2 is 1.90 bits per heavy atom. The molecule has 3 rings (SSSR count). The summed E-state index contributed by atoms with van der Waals surface area (Å²) in [5.41, 5.74) is 1.97. The van der Waals surface area contributed by atoms with Gasteiger partial charge in [-0.15, -0.1) is 0 Å². The van der Waals surface area contributed by atoms with Gasteiger partial charge in [-0.2, -0.15) is 0 Å². The molecule has 2 aromatic carbocycles. The van der Waals surface area contributed by atoms with Crippen molar-refractivity contribution in [2.24, 2.45) is 0 Å². The SMILES string of the molecule is Cc1ccc(NC(=O)C(OC(=O)C=Cc2ccc(I)o2)c2ccccc2)cc1Cl. The molecule has 0 aliphatic heterocycles. The zero-order chi connectivity index (χ0) is 20.8. The lowest BCUT2D eigenvalue weighted by atomic mass is 10.1. The predicted octanol–water partition coefficient (Wildman–Crippen LogP) is 5.78. The number of hydrogen-bond acceptors (Lipinski definition) is 4. The van der Waals surface area contributed by atoms with E-state index in [2.05, 4.69) is 5.32 Å². The Hall–Kier alpha value is -2.58. The molecule has 1 heterocycles. The van der Waals surface area contributed by atoms with Gasteiger partial charge in [-0.1, -0.05) is 48.0 Å². The van der Waals surface area contributed by atoms with Crippen molar-refractivity contribution >= 4 is 57.8 Å². The third-order valence-corrected chi connectivity index (χ3v) is 4.98. The van der Waals surface area contributed by atoms with E-state index in [1.54, 1.807) is 54.6 Å². The minimum Gasteiger partial charge on any atom is -0.451 e. The van der Waals surface area contributed by atoms with E-state index in [0.717, 1.165) is 5.56 Å². The van der Waals surface area contributed by atoms with Crippen molar-refractivity contribution in [3.63, 3.8) is 0 Å². The quantitative estimate of drug-likeness (QED) is 0.254. The molecule has 0 fully saturated rings. The average Bonchev–Trinajstić information content (AvgIpc) is 3.13. The van der Waals surface area contributed by atoms with Crippen LogP contribution in [0.2, 0.25) is 5.02 Å². The lowest BCUT2D eigenvalue weighted by Crippen LogP contribution is -2.25. The fraction of sp³-hybridized carbons (Fsp3) is 0.0909. The summed E-state index contributed by atoms with van der Waals surface area (Å²) in [7, 11) is 0. The van der Waals surface area contributed by atoms with Crippen molar-refractivity contribution < 1.29 is 18.7 Å². The molecule has 3 aromatic rings. The van der Waals surface area contributed by atoms with Gasteiger partial charge in [-0.3, -0.25) is 4.79 Å². The fourth-order valence-corrected chi connectivity index (χ4v) is 3.12. The summed E-state index contributed by atoms with van der Waals surface area (Å²) in [4.78, 5) is 25.2. The normalized spacial score (nSPS) is 12.0. The highest BCUT2D eigenvalue weighted by Gasteiger charge is 2.24. The highest BCUT2D eigenvalue weighted by atomic mass is 127. The first-order valence-electron chi connectivity index (χ1n) is 8.68. The highest BCUT2D eigenvalue weighted by molar-refractivity contribution is 14.1. The summed E-state index contributed by atoms with van der Waals surface area (Å²) < 4.78 is 11.5. The molecular weight excluding hydrogens is 505 g/mol. The molecule has 5 nitrogen and oxygen atoms in total. The van der Waals surface area contributed by atoms with Crippen LogP contribution in [-0.4, -0.2) is 11.9 Å². The van der Waals surface area contributed by atoms with Gasteiger partial charge in [0.1, 0.15) is 5.76 Å². The van der Waals surface area contributed by atoms with Crippen LogP contribution in [0.3, 0.4) is 0 Å². The summed E-state index contributed by atoms with van der Waals surface area (Å²) in [5.74, 6) is -0.630. The van der Waals surface area contributed by atoms with Crippen LogP contribution in [0.5, 0.6) is 0 Å². The van der Waals surface area contributed by atoms with Crippen molar-refractivity contribution in [1.29, 1.82) is 0 Å². The summed E-state index contributed by atoms with van der Waals surface area (Å²) in [5, 5.41) is 3.28. The second-order valence-corrected chi connectivity index (χ2v) is 7.63. The van der Waals surface area contributed by atoms with E-state index >= 15 is 0 Å². The standard InChI is InChI=1S/C22H17ClINO4/c1-14-7-8-16(13-18(14)23)25-22(27)21(15-5-3-2-4-6-15)29-20(26)12-10-17-9-11-19(24)28-17/h2-13,21H,1H3,(H,25,27). The molecule has 0 aliphatic carbocycles. The zero-order valence-corrected chi connectivity index (χ0v) is 18.3. The number of hydrogen-bond donors (Lipinski definition) is 1. The highest BCUT2D eigenvalue weighted by Crippen LogP contribution is 2.24. The second-order valence-electron chi connectivity index (χ2n) is 6.16. The van der Waals surface area contributed by atoms with Crippen LogP contribution < -0.4 is 5.32 Å². The number of rotatable bonds is 6. The van der Waals surface area contributed by atoms with Gasteiger partial charge >= 0.3 is 5.97 Å². The maximum Gasteiger partial charge on any atom is 0.332 e. The smallest absolute Gasteiger partial charge is 0.332 e. The first-order chi connectivity index (χ1) is 13.9. The van der Waals surface area contributed by atoms with Gasteiger partial charge in [0.25, 0.3) is 5.91 Å². The number of nitrogens with one attached hydrogen (secondary N) is 1. The molecule has 1 aromatic heterocycles. The van der Waals surface area contributed by atoms with E-state index in [-0.39, 0.29) is 0 Å². The molecule has 148 valence electrons. The molecule has 0 bridgehead atoms. The van der Waals surface area contributed by atoms with Gasteiger partial charge in [0, 0.05) is 22.3 Å². The fourth-order valence-electron chi connectivity index (χ4n) is 2.50. The van der Waals surface area contributed by atoms with Gasteiger partial charge < -0.3 is 14.5 Å². The molecule has 0 saturated heterocycles. The number of aryl methyl sites for hydroxylation is 1. The van der Waals surface area contributed by atoms with Gasteiger partial charge in [0.15, 0.2) is 3.77 Å². The third kappa shape index (κ3) is 5.95. The monoisotopic (exact) mass is 521 g/mol. The van der Waals surface area contributed by atoms with E-state index in [0.29, 0.717) is 25.8 Å². The van der Waals surface area contributed by atoms with Crippen LogP contribution in [0.1, 0.15) is 23.0 Å². The molecule has 0 radical (unpaired) electrons. The van der Waals surface area contributed by atoms with Crippen LogP contribution >= 0.6 is 34.2 Å². The van der Waals surface area contributed by atoms with Gasteiger partial charge in [0.2, 0.25) is 6.10 Å². The number of amides is 1. The second kappa shape index (κ2) is 9.76. The molecule has 0 saturated carbocycles. The van der Waals surface area contributed by atoms with Crippen LogP contribution in [0.25, 0.3) is 6.08 Å². The van der Waals surface area contributed by atoms with Gasteiger partial charge in [-0.25, -0.2) is 4.79 Å². The predicted molar refractivity (Wildman–Crippen MR) is 121 cm³/mol. The largest absolute Gasteiger partial charge is 0.451 e. The lowest BCUT2D eigenvalue weighted by molar-refractivity contribution is -0.149. The summed E-state index contributed by atoms with van der Waals surface area (Å²) >= 11 is 8.15. The first kappa shape index (κ1) is 21.1. The Kier molecular flexibility index (Phi) is 7.11. The van der Waals surface area contributed by atoms with Crippen molar-refractivity contribution in [2.75, 3.05) is 5.32 Å². The Bertz CT molecular complexity index is 1050. The van der Waals surface area contributed by atoms with Crippen LogP contribution in [0.15, 0.2) is 71.2 Å². The van der Waals surface area contributed by atoms with Gasteiger partial charge in [0.05, 0.1) is 0 Å². The van der Waals surface area contributed by atoms with E-state index in [1.165, 1.54) is 12.2 Å². The zero-order valence-electron chi connectivity index (χ0n) is 15.4. The van der Waals surface area contributed by atoms with Crippen molar-refractivity contribution in [2.45, 2.75) is 13.0 Å². The molecule has 0 aliphatic rings. The van der Waals surface area contributed by atoms with E-state index < -0.39 is 18.0 Å². The van der Waals surface area contributed by atoms with E-state index in [1.807, 2.05) is 35.6 Å². The maximum atomic E-state index is 12.8. The minimum absolute atomic E-state index is 0.481. The minimum atomic E-state index is -1.12. The van der Waals surface area contributed by atoms with Crippen LogP contribution in [0, 0.1) is 10.7 Å². The third-order valence-electron chi connectivity index (χ3n) is 3.99. The number of furan rings is 1. The van der Waals surface area contributed by atoms with Crippen molar-refractivity contribution in [1.82, 2.24) is 0 Å². The number of carbonyl (C=O) groups is 2. The van der Waals surface area contributed by atoms with Crippen molar-refractivity contribution in [3.05, 3.63) is 92.4 Å². The molecular formula is C22H17ClINO4. The molecule has 1 amide bonds. The molecule has 0 spiro atoms. The first-order valence-corrected chi connectivity index (χ1v) is 10.1. The molecule has 7 heteroatoms. The van der Waals surface area contributed by atoms with Crippen LogP contribution in [0.4, 0.5) is 5.69 Å². The Morgan fingerprint density at radius 1 is 1.14 bits per heavy atom. The summed E-state index contributed by atoms with van der Waals surface area (Å²) in [6, 6.07) is 17.5. The summed E-state index contributed by atoms with van der Waals surface area (Å²) in [6.07, 6.45) is 1.59. The number of ether oxygens (including phenoxy) is 1. The van der Waals surface area contributed by atoms with Crippen molar-refractivity contribution in [3.8, 4) is 0 Å². The molecule has 29 heavy (non-hydrogen) atoms. The Balaban J connectivity index is 1.77. The van der Waals surface area contributed by atoms with E-state index in [4.69, 9.17) is 20.8 Å². The van der Waals surface area contributed by atoms with Crippen LogP contribution in [-0.2, 0) is 14.3 Å². The number of esters is 1. The molecule has 1 unspecified atom stereocenters. The molecule has 1 N–H and O–H groups in total. The molecule has 1 atom stereocenters. The number of benzene rings is 2. The topological polar surface area (TPSA) is 68.5 Å². The Morgan fingerprint density at radius 3 is 2.55 bits per heavy atom. The van der Waals surface area contributed by atoms with Gasteiger partial charge in [-0.05, 0) is 65.4 Å². The summed E-state index contributed by atoms with van der Waals surface area (Å²) in [6.45, 7) is 1.87.